The Morgan fingerprint density at radius 3 is 2.32 bits per heavy atom. The van der Waals surface area contributed by atoms with Gasteiger partial charge in [0.15, 0.2) is 11.2 Å². The summed E-state index contributed by atoms with van der Waals surface area (Å²) in [7, 11) is 1.78. The van der Waals surface area contributed by atoms with Crippen LogP contribution < -0.4 is 17.0 Å². The largest absolute Gasteiger partial charge is 0.332 e. The molecule has 0 amide bonds. The molecule has 0 radical (unpaired) electrons. The number of rotatable bonds is 4. The number of aryl methyl sites for hydroxylation is 2. The molecule has 0 atom stereocenters. The molecule has 0 aromatic carbocycles. The number of imidazole rings is 1. The van der Waals surface area contributed by atoms with E-state index in [0.717, 1.165) is 5.82 Å². The molecule has 7 nitrogen and oxygen atoms in total. The van der Waals surface area contributed by atoms with Gasteiger partial charge in [-0.05, 0) is 20.4 Å². The molecule has 104 valence electrons. The first kappa shape index (κ1) is 13.5. The second-order valence-corrected chi connectivity index (χ2v) is 4.37. The maximum absolute atomic E-state index is 12.3. The molecule has 0 aliphatic heterocycles. The van der Waals surface area contributed by atoms with Crippen molar-refractivity contribution in [2.24, 2.45) is 12.8 Å². The van der Waals surface area contributed by atoms with Crippen LogP contribution >= 0.6 is 0 Å². The molecule has 0 unspecified atom stereocenters. The highest BCUT2D eigenvalue weighted by atomic mass is 16.2. The molecule has 0 fully saturated rings. The SMILES string of the molecule is CCn1c(=O)c2c(nc(CCN)n2C)n(CC)c1=O. The topological polar surface area (TPSA) is 87.8 Å². The van der Waals surface area contributed by atoms with Crippen molar-refractivity contribution < 1.29 is 0 Å². The number of aromatic nitrogens is 4. The Labute approximate surface area is 110 Å². The van der Waals surface area contributed by atoms with Crippen LogP contribution in [0.4, 0.5) is 0 Å². The average molecular weight is 265 g/mol. The molecule has 0 aliphatic rings. The fourth-order valence-corrected chi connectivity index (χ4v) is 2.32. The lowest BCUT2D eigenvalue weighted by Gasteiger charge is -2.08. The van der Waals surface area contributed by atoms with Crippen LogP contribution in [0.3, 0.4) is 0 Å². The third-order valence-corrected chi connectivity index (χ3v) is 3.33. The zero-order chi connectivity index (χ0) is 14.2. The van der Waals surface area contributed by atoms with E-state index in [1.807, 2.05) is 6.92 Å². The molecule has 0 bridgehead atoms. The van der Waals surface area contributed by atoms with Crippen LogP contribution in [0.2, 0.25) is 0 Å². The van der Waals surface area contributed by atoms with Crippen LogP contribution in [-0.2, 0) is 26.6 Å². The Morgan fingerprint density at radius 2 is 1.79 bits per heavy atom. The van der Waals surface area contributed by atoms with E-state index in [2.05, 4.69) is 4.98 Å². The van der Waals surface area contributed by atoms with Gasteiger partial charge >= 0.3 is 5.69 Å². The molecule has 2 aromatic heterocycles. The number of fused-ring (bicyclic) bond motifs is 1. The molecule has 2 rings (SSSR count). The van der Waals surface area contributed by atoms with Crippen molar-refractivity contribution in [1.29, 1.82) is 0 Å². The summed E-state index contributed by atoms with van der Waals surface area (Å²) in [6.45, 7) is 4.93. The third-order valence-electron chi connectivity index (χ3n) is 3.33. The first-order valence-corrected chi connectivity index (χ1v) is 6.45. The van der Waals surface area contributed by atoms with Crippen molar-refractivity contribution in [2.45, 2.75) is 33.4 Å². The van der Waals surface area contributed by atoms with E-state index in [1.165, 1.54) is 9.13 Å². The molecule has 2 aromatic rings. The van der Waals surface area contributed by atoms with Crippen LogP contribution in [0.25, 0.3) is 11.2 Å². The summed E-state index contributed by atoms with van der Waals surface area (Å²) in [4.78, 5) is 28.9. The van der Waals surface area contributed by atoms with Gasteiger partial charge in [0, 0.05) is 26.6 Å². The molecule has 19 heavy (non-hydrogen) atoms. The van der Waals surface area contributed by atoms with E-state index < -0.39 is 0 Å². The van der Waals surface area contributed by atoms with Crippen molar-refractivity contribution in [1.82, 2.24) is 18.7 Å². The zero-order valence-electron chi connectivity index (χ0n) is 11.5. The third kappa shape index (κ3) is 1.90. The first-order chi connectivity index (χ1) is 9.06. The summed E-state index contributed by atoms with van der Waals surface area (Å²) in [5.74, 6) is 0.727. The summed E-state index contributed by atoms with van der Waals surface area (Å²) < 4.78 is 4.50. The van der Waals surface area contributed by atoms with Crippen LogP contribution in [-0.4, -0.2) is 25.2 Å². The average Bonchev–Trinajstić information content (AvgIpc) is 2.69. The van der Waals surface area contributed by atoms with Crippen molar-refractivity contribution in [3.63, 3.8) is 0 Å². The van der Waals surface area contributed by atoms with Gasteiger partial charge in [0.25, 0.3) is 5.56 Å². The molecular weight excluding hydrogens is 246 g/mol. The Bertz CT molecular complexity index is 722. The van der Waals surface area contributed by atoms with E-state index in [0.29, 0.717) is 37.2 Å². The van der Waals surface area contributed by atoms with Gasteiger partial charge in [-0.25, -0.2) is 9.78 Å². The smallest absolute Gasteiger partial charge is 0.330 e. The summed E-state index contributed by atoms with van der Waals surface area (Å²) in [6.07, 6.45) is 0.578. The number of nitrogens with two attached hydrogens (primary N) is 1. The second-order valence-electron chi connectivity index (χ2n) is 4.37. The summed E-state index contributed by atoms with van der Waals surface area (Å²) in [5.41, 5.74) is 5.86. The molecule has 0 aliphatic carbocycles. The molecule has 0 saturated carbocycles. The minimum atomic E-state index is -0.306. The molecule has 2 N–H and O–H groups in total. The molecule has 0 spiro atoms. The van der Waals surface area contributed by atoms with Gasteiger partial charge in [-0.15, -0.1) is 0 Å². The van der Waals surface area contributed by atoms with Crippen LogP contribution in [0.5, 0.6) is 0 Å². The number of nitrogens with zero attached hydrogens (tertiary/aromatic N) is 4. The maximum atomic E-state index is 12.3. The highest BCUT2D eigenvalue weighted by Crippen LogP contribution is 2.10. The highest BCUT2D eigenvalue weighted by molar-refractivity contribution is 5.71. The fraction of sp³-hybridized carbons (Fsp3) is 0.583. The zero-order valence-corrected chi connectivity index (χ0v) is 11.5. The van der Waals surface area contributed by atoms with Crippen molar-refractivity contribution >= 4 is 11.2 Å². The van der Waals surface area contributed by atoms with Gasteiger partial charge < -0.3 is 10.3 Å². The Morgan fingerprint density at radius 1 is 1.16 bits per heavy atom. The summed E-state index contributed by atoms with van der Waals surface area (Å²) in [5, 5.41) is 0. The molecule has 2 heterocycles. The normalized spacial score (nSPS) is 11.4. The van der Waals surface area contributed by atoms with E-state index >= 15 is 0 Å². The predicted molar refractivity (Wildman–Crippen MR) is 73.3 cm³/mol. The first-order valence-electron chi connectivity index (χ1n) is 6.45. The lowest BCUT2D eigenvalue weighted by molar-refractivity contribution is 0.604. The molecule has 7 heteroatoms. The van der Waals surface area contributed by atoms with Crippen molar-refractivity contribution in [3.05, 3.63) is 26.7 Å². The van der Waals surface area contributed by atoms with E-state index in [1.54, 1.807) is 18.5 Å². The number of hydrogen-bond acceptors (Lipinski definition) is 4. The van der Waals surface area contributed by atoms with E-state index in [9.17, 15) is 9.59 Å². The Balaban J connectivity index is 2.96. The van der Waals surface area contributed by atoms with Gasteiger partial charge in [0.2, 0.25) is 0 Å². The maximum Gasteiger partial charge on any atom is 0.332 e. The number of hydrogen-bond donors (Lipinski definition) is 1. The minimum Gasteiger partial charge on any atom is -0.330 e. The van der Waals surface area contributed by atoms with Gasteiger partial charge in [-0.2, -0.15) is 0 Å². The van der Waals surface area contributed by atoms with Crippen LogP contribution in [0, 0.1) is 0 Å². The van der Waals surface area contributed by atoms with Crippen LogP contribution in [0.15, 0.2) is 9.59 Å². The standard InChI is InChI=1S/C12H19N5O2/c1-4-16-10-9(11(18)17(5-2)12(16)19)15(3)8(14-10)6-7-13/h4-7,13H2,1-3H3. The monoisotopic (exact) mass is 265 g/mol. The van der Waals surface area contributed by atoms with Crippen LogP contribution in [0.1, 0.15) is 19.7 Å². The highest BCUT2D eigenvalue weighted by Gasteiger charge is 2.18. The summed E-state index contributed by atoms with van der Waals surface area (Å²) >= 11 is 0. The molecule has 0 saturated heterocycles. The fourth-order valence-electron chi connectivity index (χ4n) is 2.32. The van der Waals surface area contributed by atoms with E-state index in [-0.39, 0.29) is 11.2 Å². The Kier molecular flexibility index (Phi) is 3.57. The predicted octanol–water partition coefficient (Wildman–Crippen LogP) is -0.562. The minimum absolute atomic E-state index is 0.287. The molecular formula is C12H19N5O2. The Hall–Kier alpha value is -1.89. The van der Waals surface area contributed by atoms with Gasteiger partial charge in [0.05, 0.1) is 0 Å². The van der Waals surface area contributed by atoms with Crippen molar-refractivity contribution in [3.8, 4) is 0 Å². The van der Waals surface area contributed by atoms with Gasteiger partial charge in [0.1, 0.15) is 5.82 Å². The van der Waals surface area contributed by atoms with E-state index in [4.69, 9.17) is 5.73 Å². The van der Waals surface area contributed by atoms with Gasteiger partial charge in [-0.1, -0.05) is 0 Å². The quantitative estimate of drug-likeness (QED) is 0.802. The summed E-state index contributed by atoms with van der Waals surface area (Å²) in [6, 6.07) is 0. The lowest BCUT2D eigenvalue weighted by Crippen LogP contribution is -2.39. The van der Waals surface area contributed by atoms with Crippen molar-refractivity contribution in [2.75, 3.05) is 6.54 Å². The lowest BCUT2D eigenvalue weighted by atomic mass is 10.4. The van der Waals surface area contributed by atoms with Gasteiger partial charge in [-0.3, -0.25) is 13.9 Å². The second kappa shape index (κ2) is 5.00.